The number of sulfone groups is 1. The lowest BCUT2D eigenvalue weighted by Crippen LogP contribution is -2.42. The molecule has 37 heavy (non-hydrogen) atoms. The zero-order chi connectivity index (χ0) is 27.2. The summed E-state index contributed by atoms with van der Waals surface area (Å²) in [6.07, 6.45) is 5.14. The molecule has 0 aliphatic rings. The molecule has 3 N–H and O–H groups in total. The summed E-state index contributed by atoms with van der Waals surface area (Å²) < 4.78 is 28.7. The van der Waals surface area contributed by atoms with Gasteiger partial charge in [0.2, 0.25) is 5.91 Å². The highest BCUT2D eigenvalue weighted by molar-refractivity contribution is 7.90. The number of benzene rings is 2. The van der Waals surface area contributed by atoms with Crippen molar-refractivity contribution >= 4 is 56.9 Å². The lowest BCUT2D eigenvalue weighted by molar-refractivity contribution is -0.139. The molecule has 12 heteroatoms. The Labute approximate surface area is 223 Å². The van der Waals surface area contributed by atoms with Crippen LogP contribution in [0.25, 0.3) is 6.08 Å². The van der Waals surface area contributed by atoms with Gasteiger partial charge in [-0.25, -0.2) is 13.2 Å². The molecule has 2 amide bonds. The molecule has 0 fully saturated rings. The van der Waals surface area contributed by atoms with Crippen LogP contribution in [-0.4, -0.2) is 43.6 Å². The van der Waals surface area contributed by atoms with Gasteiger partial charge in [-0.3, -0.25) is 9.59 Å². The first-order chi connectivity index (χ1) is 17.4. The molecule has 0 aliphatic carbocycles. The average Bonchev–Trinajstić information content (AvgIpc) is 3.34. The van der Waals surface area contributed by atoms with Crippen LogP contribution < -0.4 is 10.6 Å². The summed E-state index contributed by atoms with van der Waals surface area (Å²) in [5, 5.41) is 14.6. The van der Waals surface area contributed by atoms with Gasteiger partial charge in [-0.05, 0) is 53.6 Å². The van der Waals surface area contributed by atoms with Crippen molar-refractivity contribution in [3.05, 3.63) is 93.4 Å². The van der Waals surface area contributed by atoms with E-state index in [-0.39, 0.29) is 33.5 Å². The molecule has 1 aromatic heterocycles. The smallest absolute Gasteiger partial charge is 0.326 e. The standard InChI is InChI=1S/C25H22Cl2N2O7S/c1-37(34,35)18-6-2-4-15(10-18)13-21(25(32)33)29-24(31)23-19(26)11-16(12-20(23)27)14-28-22(30)8-7-17-5-3-9-36-17/h2-12,21H,13-14H2,1H3,(H,28,30)(H,29,31)(H,32,33)/b8-7+. The van der Waals surface area contributed by atoms with Crippen molar-refractivity contribution in [2.24, 2.45) is 0 Å². The molecule has 0 bridgehead atoms. The third-order valence-electron chi connectivity index (χ3n) is 5.11. The molecule has 194 valence electrons. The van der Waals surface area contributed by atoms with Gasteiger partial charge in [-0.2, -0.15) is 0 Å². The van der Waals surface area contributed by atoms with Crippen LogP contribution in [0.15, 0.2) is 70.2 Å². The van der Waals surface area contributed by atoms with Gasteiger partial charge in [0.25, 0.3) is 5.91 Å². The van der Waals surface area contributed by atoms with Crippen molar-refractivity contribution in [3.63, 3.8) is 0 Å². The summed E-state index contributed by atoms with van der Waals surface area (Å²) in [6, 6.07) is 10.7. The van der Waals surface area contributed by atoms with Crippen molar-refractivity contribution in [2.45, 2.75) is 23.9 Å². The van der Waals surface area contributed by atoms with Crippen LogP contribution in [-0.2, 0) is 32.4 Å². The SMILES string of the molecule is CS(=O)(=O)c1cccc(CC(NC(=O)c2c(Cl)cc(CNC(=O)/C=C/c3ccco3)cc2Cl)C(=O)O)c1. The number of amides is 2. The molecule has 0 radical (unpaired) electrons. The fourth-order valence-corrected chi connectivity index (χ4v) is 4.70. The van der Waals surface area contributed by atoms with E-state index < -0.39 is 33.7 Å². The topological polar surface area (TPSA) is 143 Å². The van der Waals surface area contributed by atoms with Crippen LogP contribution in [0, 0.1) is 0 Å². The van der Waals surface area contributed by atoms with Gasteiger partial charge in [-0.1, -0.05) is 35.3 Å². The second-order valence-electron chi connectivity index (χ2n) is 7.99. The van der Waals surface area contributed by atoms with Crippen molar-refractivity contribution in [2.75, 3.05) is 6.26 Å². The minimum absolute atomic E-state index is 0.0330. The maximum atomic E-state index is 12.9. The monoisotopic (exact) mass is 564 g/mol. The van der Waals surface area contributed by atoms with E-state index in [1.165, 1.54) is 48.7 Å². The summed E-state index contributed by atoms with van der Waals surface area (Å²) in [5.41, 5.74) is 0.783. The lowest BCUT2D eigenvalue weighted by atomic mass is 10.0. The van der Waals surface area contributed by atoms with E-state index in [1.54, 1.807) is 18.2 Å². The number of carbonyl (C=O) groups excluding carboxylic acids is 2. The summed E-state index contributed by atoms with van der Waals surface area (Å²) in [4.78, 5) is 36.7. The Bertz CT molecular complexity index is 1430. The maximum absolute atomic E-state index is 12.9. The van der Waals surface area contributed by atoms with Crippen LogP contribution in [0.3, 0.4) is 0 Å². The van der Waals surface area contributed by atoms with E-state index in [4.69, 9.17) is 27.6 Å². The average molecular weight is 565 g/mol. The molecule has 2 aromatic carbocycles. The van der Waals surface area contributed by atoms with Crippen molar-refractivity contribution in [1.82, 2.24) is 10.6 Å². The summed E-state index contributed by atoms with van der Waals surface area (Å²) in [7, 11) is -3.49. The number of hydrogen-bond acceptors (Lipinski definition) is 6. The number of furan rings is 1. The Balaban J connectivity index is 1.69. The Morgan fingerprint density at radius 2 is 1.76 bits per heavy atom. The quantitative estimate of drug-likeness (QED) is 0.318. The summed E-state index contributed by atoms with van der Waals surface area (Å²) in [6.45, 7) is 0.0666. The van der Waals surface area contributed by atoms with Crippen molar-refractivity contribution in [1.29, 1.82) is 0 Å². The lowest BCUT2D eigenvalue weighted by Gasteiger charge is -2.17. The molecule has 0 aliphatic heterocycles. The molecular formula is C25H22Cl2N2O7S. The van der Waals surface area contributed by atoms with Crippen LogP contribution >= 0.6 is 23.2 Å². The largest absolute Gasteiger partial charge is 0.480 e. The number of hydrogen-bond donors (Lipinski definition) is 3. The van der Waals surface area contributed by atoms with Crippen molar-refractivity contribution in [3.8, 4) is 0 Å². The predicted octanol–water partition coefficient (Wildman–Crippen LogP) is 3.75. The van der Waals surface area contributed by atoms with Gasteiger partial charge in [0.15, 0.2) is 9.84 Å². The first-order valence-corrected chi connectivity index (χ1v) is 13.4. The number of aliphatic carboxylic acids is 1. The third kappa shape index (κ3) is 7.94. The second-order valence-corrected chi connectivity index (χ2v) is 10.8. The van der Waals surface area contributed by atoms with Crippen LogP contribution in [0.2, 0.25) is 10.0 Å². The van der Waals surface area contributed by atoms with Gasteiger partial charge in [0, 0.05) is 25.3 Å². The van der Waals surface area contributed by atoms with E-state index in [0.29, 0.717) is 16.9 Å². The molecule has 0 saturated heterocycles. The zero-order valence-corrected chi connectivity index (χ0v) is 21.7. The number of nitrogens with one attached hydrogen (secondary N) is 2. The fraction of sp³-hybridized carbons (Fsp3) is 0.160. The molecular weight excluding hydrogens is 543 g/mol. The van der Waals surface area contributed by atoms with Crippen LogP contribution in [0.5, 0.6) is 0 Å². The molecule has 1 unspecified atom stereocenters. The highest BCUT2D eigenvalue weighted by Crippen LogP contribution is 2.27. The third-order valence-corrected chi connectivity index (χ3v) is 6.81. The highest BCUT2D eigenvalue weighted by Gasteiger charge is 2.25. The van der Waals surface area contributed by atoms with Crippen LogP contribution in [0.1, 0.15) is 27.2 Å². The van der Waals surface area contributed by atoms with Gasteiger partial charge in [0.1, 0.15) is 11.8 Å². The minimum atomic E-state index is -3.49. The number of carboxylic acids is 1. The molecule has 1 atom stereocenters. The van der Waals surface area contributed by atoms with Crippen LogP contribution in [0.4, 0.5) is 0 Å². The van der Waals surface area contributed by atoms with Gasteiger partial charge in [-0.15, -0.1) is 0 Å². The van der Waals surface area contributed by atoms with Gasteiger partial charge < -0.3 is 20.2 Å². The minimum Gasteiger partial charge on any atom is -0.480 e. The van der Waals surface area contributed by atoms with Gasteiger partial charge in [0.05, 0.1) is 26.8 Å². The Kier molecular flexibility index (Phi) is 9.14. The van der Waals surface area contributed by atoms with E-state index >= 15 is 0 Å². The van der Waals surface area contributed by atoms with E-state index in [1.807, 2.05) is 0 Å². The molecule has 0 saturated carbocycles. The predicted molar refractivity (Wildman–Crippen MR) is 138 cm³/mol. The van der Waals surface area contributed by atoms with E-state index in [0.717, 1.165) is 6.26 Å². The van der Waals surface area contributed by atoms with Gasteiger partial charge >= 0.3 is 5.97 Å². The first kappa shape index (κ1) is 28.0. The summed E-state index contributed by atoms with van der Waals surface area (Å²) >= 11 is 12.5. The fourth-order valence-electron chi connectivity index (χ4n) is 3.31. The van der Waals surface area contributed by atoms with Crippen molar-refractivity contribution < 1.29 is 32.3 Å². The normalized spacial score (nSPS) is 12.3. The Morgan fingerprint density at radius 3 is 2.35 bits per heavy atom. The Morgan fingerprint density at radius 1 is 1.05 bits per heavy atom. The molecule has 1 heterocycles. The number of rotatable bonds is 10. The first-order valence-electron chi connectivity index (χ1n) is 10.7. The molecule has 9 nitrogen and oxygen atoms in total. The van der Waals surface area contributed by atoms with E-state index in [9.17, 15) is 27.9 Å². The Hall–Kier alpha value is -3.60. The molecule has 0 spiro atoms. The second kappa shape index (κ2) is 12.1. The number of halogens is 2. The maximum Gasteiger partial charge on any atom is 0.326 e. The molecule has 3 aromatic rings. The highest BCUT2D eigenvalue weighted by atomic mass is 35.5. The molecule has 3 rings (SSSR count). The number of carboxylic acid groups (broad SMARTS) is 1. The van der Waals surface area contributed by atoms with E-state index in [2.05, 4.69) is 10.6 Å². The summed E-state index contributed by atoms with van der Waals surface area (Å²) in [5.74, 6) is -2.03. The number of carbonyl (C=O) groups is 3. The zero-order valence-electron chi connectivity index (χ0n) is 19.4.